The van der Waals surface area contributed by atoms with Crippen molar-refractivity contribution in [3.05, 3.63) is 0 Å². The Morgan fingerprint density at radius 2 is 2.08 bits per heavy atom. The number of nitrogens with two attached hydrogens (primary N) is 1. The molecule has 2 fully saturated rings. The lowest BCUT2D eigenvalue weighted by molar-refractivity contribution is -0.0651. The van der Waals surface area contributed by atoms with Gasteiger partial charge in [0.15, 0.2) is 0 Å². The first-order valence-electron chi connectivity index (χ1n) is 4.94. The predicted octanol–water partition coefficient (Wildman–Crippen LogP) is 1.68. The minimum Gasteiger partial charge on any atom is -0.367 e. The van der Waals surface area contributed by atoms with E-state index >= 15 is 0 Å². The molecule has 0 spiro atoms. The van der Waals surface area contributed by atoms with E-state index in [9.17, 15) is 0 Å². The Labute approximate surface area is 74.5 Å². The van der Waals surface area contributed by atoms with Crippen LogP contribution in [0.5, 0.6) is 0 Å². The van der Waals surface area contributed by atoms with Crippen LogP contribution in [0.1, 0.15) is 40.0 Å². The number of ether oxygens (including phenoxy) is 1. The van der Waals surface area contributed by atoms with Crippen LogP contribution in [0.4, 0.5) is 0 Å². The van der Waals surface area contributed by atoms with E-state index in [-0.39, 0.29) is 17.2 Å². The molecule has 0 aromatic carbocycles. The smallest absolute Gasteiger partial charge is 0.0814 e. The van der Waals surface area contributed by atoms with Gasteiger partial charge in [-0.05, 0) is 32.1 Å². The lowest BCUT2D eigenvalue weighted by atomic mass is 9.75. The fraction of sp³-hybridized carbons (Fsp3) is 1.00. The van der Waals surface area contributed by atoms with Crippen LogP contribution in [0.15, 0.2) is 0 Å². The summed E-state index contributed by atoms with van der Waals surface area (Å²) in [4.78, 5) is 0. The monoisotopic (exact) mass is 169 g/mol. The number of hydrogen-bond donors (Lipinski definition) is 1. The fourth-order valence-electron chi connectivity index (χ4n) is 2.66. The Kier molecular flexibility index (Phi) is 1.59. The summed E-state index contributed by atoms with van der Waals surface area (Å²) >= 11 is 0. The summed E-state index contributed by atoms with van der Waals surface area (Å²) in [7, 11) is 0. The van der Waals surface area contributed by atoms with Crippen molar-refractivity contribution >= 4 is 0 Å². The van der Waals surface area contributed by atoms with Gasteiger partial charge >= 0.3 is 0 Å². The van der Waals surface area contributed by atoms with E-state index in [2.05, 4.69) is 20.8 Å². The van der Waals surface area contributed by atoms with Crippen molar-refractivity contribution in [1.29, 1.82) is 0 Å². The minimum atomic E-state index is -0.00965. The predicted molar refractivity (Wildman–Crippen MR) is 48.9 cm³/mol. The van der Waals surface area contributed by atoms with Crippen LogP contribution in [0.2, 0.25) is 0 Å². The van der Waals surface area contributed by atoms with Crippen molar-refractivity contribution in [2.45, 2.75) is 57.3 Å². The molecule has 0 aliphatic carbocycles. The van der Waals surface area contributed by atoms with Crippen LogP contribution < -0.4 is 5.73 Å². The molecule has 2 aliphatic heterocycles. The fourth-order valence-corrected chi connectivity index (χ4v) is 2.66. The van der Waals surface area contributed by atoms with E-state index in [4.69, 9.17) is 10.5 Å². The first-order valence-corrected chi connectivity index (χ1v) is 4.94. The second-order valence-electron chi connectivity index (χ2n) is 4.94. The van der Waals surface area contributed by atoms with Gasteiger partial charge < -0.3 is 10.5 Å². The summed E-state index contributed by atoms with van der Waals surface area (Å²) in [6.45, 7) is 6.64. The normalized spacial score (nSPS) is 52.2. The zero-order valence-electron chi connectivity index (χ0n) is 8.26. The van der Waals surface area contributed by atoms with E-state index in [1.807, 2.05) is 0 Å². The average Bonchev–Trinajstić information content (AvgIpc) is 2.41. The second-order valence-corrected chi connectivity index (χ2v) is 4.94. The third-order valence-corrected chi connectivity index (χ3v) is 3.88. The molecule has 2 aliphatic rings. The third kappa shape index (κ3) is 0.882. The van der Waals surface area contributed by atoms with Crippen molar-refractivity contribution in [1.82, 2.24) is 0 Å². The maximum Gasteiger partial charge on any atom is 0.0814 e. The SMILES string of the molecule is CC(C)C12CCC(C)(O1)C(N)C2. The number of fused-ring (bicyclic) bond motifs is 2. The van der Waals surface area contributed by atoms with Crippen LogP contribution in [0.25, 0.3) is 0 Å². The van der Waals surface area contributed by atoms with Gasteiger partial charge in [0, 0.05) is 6.04 Å². The lowest BCUT2D eigenvalue weighted by Crippen LogP contribution is -2.42. The topological polar surface area (TPSA) is 35.2 Å². The molecule has 3 unspecified atom stereocenters. The van der Waals surface area contributed by atoms with Crippen LogP contribution in [0.3, 0.4) is 0 Å². The van der Waals surface area contributed by atoms with E-state index in [0.717, 1.165) is 12.8 Å². The molecule has 12 heavy (non-hydrogen) atoms. The number of hydrogen-bond acceptors (Lipinski definition) is 2. The van der Waals surface area contributed by atoms with E-state index in [1.54, 1.807) is 0 Å². The van der Waals surface area contributed by atoms with Gasteiger partial charge in [-0.25, -0.2) is 0 Å². The van der Waals surface area contributed by atoms with Crippen molar-refractivity contribution in [3.8, 4) is 0 Å². The summed E-state index contributed by atoms with van der Waals surface area (Å²) in [5.74, 6) is 0.605. The van der Waals surface area contributed by atoms with E-state index in [0.29, 0.717) is 5.92 Å². The first kappa shape index (κ1) is 8.52. The van der Waals surface area contributed by atoms with Gasteiger partial charge in [0.05, 0.1) is 11.2 Å². The van der Waals surface area contributed by atoms with Gasteiger partial charge in [-0.1, -0.05) is 13.8 Å². The Hall–Kier alpha value is -0.0800. The molecule has 70 valence electrons. The highest BCUT2D eigenvalue weighted by Gasteiger charge is 2.58. The van der Waals surface area contributed by atoms with Gasteiger partial charge in [-0.3, -0.25) is 0 Å². The maximum absolute atomic E-state index is 6.10. The van der Waals surface area contributed by atoms with Crippen LogP contribution in [-0.2, 0) is 4.74 Å². The molecule has 3 atom stereocenters. The molecule has 2 heterocycles. The first-order chi connectivity index (χ1) is 5.49. The van der Waals surface area contributed by atoms with Crippen LogP contribution >= 0.6 is 0 Å². The Morgan fingerprint density at radius 3 is 2.33 bits per heavy atom. The van der Waals surface area contributed by atoms with Crippen molar-refractivity contribution in [3.63, 3.8) is 0 Å². The second kappa shape index (κ2) is 2.24. The van der Waals surface area contributed by atoms with Crippen molar-refractivity contribution in [2.75, 3.05) is 0 Å². The molecule has 2 heteroatoms. The minimum absolute atomic E-state index is 0.00965. The quantitative estimate of drug-likeness (QED) is 0.648. The zero-order chi connectivity index (χ0) is 8.98. The standard InChI is InChI=1S/C10H19NO/c1-7(2)10-5-4-9(3,12-10)8(11)6-10/h7-8H,4-6,11H2,1-3H3. The molecule has 2 saturated heterocycles. The highest BCUT2D eigenvalue weighted by molar-refractivity contribution is 5.10. The molecule has 2 rings (SSSR count). The Balaban J connectivity index is 2.25. The summed E-state index contributed by atoms with van der Waals surface area (Å²) in [5, 5.41) is 0. The zero-order valence-corrected chi connectivity index (χ0v) is 8.26. The van der Waals surface area contributed by atoms with Crippen molar-refractivity contribution in [2.24, 2.45) is 11.7 Å². The summed E-state index contributed by atoms with van der Waals surface area (Å²) in [6.07, 6.45) is 3.41. The van der Waals surface area contributed by atoms with Gasteiger partial charge in [-0.2, -0.15) is 0 Å². The molecule has 0 saturated carbocycles. The van der Waals surface area contributed by atoms with E-state index < -0.39 is 0 Å². The molecule has 0 amide bonds. The molecule has 0 radical (unpaired) electrons. The Bertz CT molecular complexity index is 204. The molecule has 2 nitrogen and oxygen atoms in total. The van der Waals surface area contributed by atoms with Gasteiger partial charge in [-0.15, -0.1) is 0 Å². The molecule has 2 N–H and O–H groups in total. The van der Waals surface area contributed by atoms with E-state index in [1.165, 1.54) is 6.42 Å². The molecular formula is C10H19NO. The molecule has 0 aromatic rings. The van der Waals surface area contributed by atoms with Gasteiger partial charge in [0.2, 0.25) is 0 Å². The summed E-state index contributed by atoms with van der Waals surface area (Å²) < 4.78 is 6.10. The highest BCUT2D eigenvalue weighted by atomic mass is 16.5. The number of rotatable bonds is 1. The maximum atomic E-state index is 6.10. The summed E-state index contributed by atoms with van der Waals surface area (Å²) in [6, 6.07) is 0.258. The van der Waals surface area contributed by atoms with Crippen LogP contribution in [0, 0.1) is 5.92 Å². The van der Waals surface area contributed by atoms with Gasteiger partial charge in [0.1, 0.15) is 0 Å². The van der Waals surface area contributed by atoms with Crippen LogP contribution in [-0.4, -0.2) is 17.2 Å². The highest BCUT2D eigenvalue weighted by Crippen LogP contribution is 2.53. The average molecular weight is 169 g/mol. The Morgan fingerprint density at radius 1 is 1.42 bits per heavy atom. The summed E-state index contributed by atoms with van der Waals surface area (Å²) in [5.41, 5.74) is 6.16. The molecule has 0 aromatic heterocycles. The molecular weight excluding hydrogens is 150 g/mol. The van der Waals surface area contributed by atoms with Gasteiger partial charge in [0.25, 0.3) is 0 Å². The lowest BCUT2D eigenvalue weighted by Gasteiger charge is -2.29. The van der Waals surface area contributed by atoms with Crippen molar-refractivity contribution < 1.29 is 4.74 Å². The third-order valence-electron chi connectivity index (χ3n) is 3.88. The largest absolute Gasteiger partial charge is 0.367 e. The molecule has 2 bridgehead atoms.